The highest BCUT2D eigenvalue weighted by Gasteiger charge is 2.53. The number of aliphatic hydroxyl groups is 2. The summed E-state index contributed by atoms with van der Waals surface area (Å²) in [7, 11) is 4.66. The van der Waals surface area contributed by atoms with Crippen LogP contribution in [0.5, 0.6) is 0 Å². The number of piperidine rings is 1. The van der Waals surface area contributed by atoms with Gasteiger partial charge < -0.3 is 43.5 Å². The van der Waals surface area contributed by atoms with Crippen LogP contribution < -0.4 is 0 Å². The highest BCUT2D eigenvalue weighted by atomic mass is 16.6. The van der Waals surface area contributed by atoms with Gasteiger partial charge in [0.25, 0.3) is 11.7 Å². The largest absolute Gasteiger partial charge is 0.460 e. The number of aliphatic hydroxyl groups excluding tert-OH is 1. The molecule has 0 spiro atoms. The van der Waals surface area contributed by atoms with Gasteiger partial charge in [-0.15, -0.1) is 0 Å². The second-order valence-corrected chi connectivity index (χ2v) is 21.4. The number of hydrogen-bond donors (Lipinski definition) is 2. The van der Waals surface area contributed by atoms with Gasteiger partial charge in [-0.05, 0) is 113 Å². The number of ether oxygens (including phenoxy) is 6. The third-order valence-electron chi connectivity index (χ3n) is 15.8. The fourth-order valence-electron chi connectivity index (χ4n) is 11.1. The quantitative estimate of drug-likeness (QED) is 0.137. The summed E-state index contributed by atoms with van der Waals surface area (Å²) in [5.41, 5.74) is 2.36. The lowest BCUT2D eigenvalue weighted by atomic mass is 9.78. The molecule has 15 atom stereocenters. The lowest BCUT2D eigenvalue weighted by Crippen LogP contribution is -2.61. The molecule has 2 bridgehead atoms. The molecule has 0 radical (unpaired) electrons. The van der Waals surface area contributed by atoms with E-state index >= 15 is 0 Å². The van der Waals surface area contributed by atoms with Crippen molar-refractivity contribution in [2.24, 2.45) is 35.5 Å². The van der Waals surface area contributed by atoms with E-state index in [1.54, 1.807) is 41.1 Å². The van der Waals surface area contributed by atoms with Crippen molar-refractivity contribution in [3.05, 3.63) is 83.5 Å². The van der Waals surface area contributed by atoms with E-state index in [1.807, 2.05) is 88.4 Å². The van der Waals surface area contributed by atoms with E-state index in [-0.39, 0.29) is 60.9 Å². The van der Waals surface area contributed by atoms with Crippen LogP contribution in [0.1, 0.15) is 131 Å². The first kappa shape index (κ1) is 58.7. The fourth-order valence-corrected chi connectivity index (χ4v) is 11.1. The molecule has 2 N–H and O–H groups in total. The van der Waals surface area contributed by atoms with E-state index in [4.69, 9.17) is 28.4 Å². The molecule has 0 unspecified atom stereocenters. The summed E-state index contributed by atoms with van der Waals surface area (Å²) in [4.78, 5) is 72.6. The SMILES string of the molecule is CO[C@H]1C[C@@H]2CC[C@@H](C)[C@@](O)(O2)C(=O)C(=O)N2CCCC[C@H]2C(=O)O[C@H]([C@H](C)C[C@H]2CC[C@@H](OCc3ccccc3)[C@H](OC)C2)CC(=O)[C@H](C)/C=C(\C)[C@@H](O)[C@@H](OC)C(=O)[C@H](C)C[C@H](C)/C=C/C=C/C=C/1C. The Kier molecular flexibility index (Phi) is 22.8. The number of nitrogens with zero attached hydrogens (tertiary/aromatic N) is 1. The Morgan fingerprint density at radius 2 is 1.56 bits per heavy atom. The average Bonchev–Trinajstić information content (AvgIpc) is 3.37. The number of ketones is 3. The van der Waals surface area contributed by atoms with Crippen molar-refractivity contribution in [3.8, 4) is 0 Å². The Labute approximate surface area is 428 Å². The summed E-state index contributed by atoms with van der Waals surface area (Å²) in [6, 6.07) is 8.85. The van der Waals surface area contributed by atoms with Crippen molar-refractivity contribution in [1.29, 1.82) is 0 Å². The van der Waals surface area contributed by atoms with Crippen molar-refractivity contribution in [2.45, 2.75) is 187 Å². The number of esters is 1. The van der Waals surface area contributed by atoms with Gasteiger partial charge >= 0.3 is 5.97 Å². The normalized spacial score (nSPS) is 37.6. The number of cyclic esters (lactones) is 1. The number of carbonyl (C=O) groups excluding carboxylic acids is 5. The molecular weight excluding hydrogens is 919 g/mol. The first-order chi connectivity index (χ1) is 34.3. The number of carbonyl (C=O) groups is 5. The maximum atomic E-state index is 14.6. The smallest absolute Gasteiger partial charge is 0.329 e. The number of amides is 1. The van der Waals surface area contributed by atoms with Crippen molar-refractivity contribution in [2.75, 3.05) is 27.9 Å². The summed E-state index contributed by atoms with van der Waals surface area (Å²) in [5.74, 6) is -7.84. The maximum absolute atomic E-state index is 14.6. The molecule has 14 heteroatoms. The van der Waals surface area contributed by atoms with E-state index in [0.717, 1.165) is 24.0 Å². The minimum absolute atomic E-state index is 0.0186. The van der Waals surface area contributed by atoms with Crippen LogP contribution in [-0.2, 0) is 59.0 Å². The monoisotopic (exact) mass is 1000 g/mol. The molecule has 2 saturated heterocycles. The van der Waals surface area contributed by atoms with E-state index in [1.165, 1.54) is 12.0 Å². The number of methoxy groups -OCH3 is 3. The Morgan fingerprint density at radius 3 is 2.25 bits per heavy atom. The molecule has 1 amide bonds. The van der Waals surface area contributed by atoms with Crippen molar-refractivity contribution in [3.63, 3.8) is 0 Å². The lowest BCUT2D eigenvalue weighted by Gasteiger charge is -2.42. The molecule has 72 heavy (non-hydrogen) atoms. The molecule has 3 heterocycles. The van der Waals surface area contributed by atoms with Crippen molar-refractivity contribution in [1.82, 2.24) is 4.90 Å². The van der Waals surface area contributed by atoms with Gasteiger partial charge in [0.1, 0.15) is 30.1 Å². The Morgan fingerprint density at radius 1 is 0.819 bits per heavy atom. The van der Waals surface area contributed by atoms with Gasteiger partial charge in [-0.25, -0.2) is 4.79 Å². The van der Waals surface area contributed by atoms with Gasteiger partial charge in [0.05, 0.1) is 31.0 Å². The predicted molar refractivity (Wildman–Crippen MR) is 274 cm³/mol. The second-order valence-electron chi connectivity index (χ2n) is 21.4. The summed E-state index contributed by atoms with van der Waals surface area (Å²) >= 11 is 0. The van der Waals surface area contributed by atoms with Gasteiger partial charge in [-0.1, -0.05) is 101 Å². The zero-order valence-electron chi connectivity index (χ0n) is 44.7. The number of fused-ring (bicyclic) bond motifs is 3. The number of rotatable bonds is 9. The highest BCUT2D eigenvalue weighted by Crippen LogP contribution is 2.38. The molecule has 14 nitrogen and oxygen atoms in total. The second kappa shape index (κ2) is 27.9. The van der Waals surface area contributed by atoms with E-state index in [2.05, 4.69) is 0 Å². The van der Waals surface area contributed by atoms with Crippen molar-refractivity contribution >= 4 is 29.2 Å². The standard InChI is InChI=1S/C58H85NO13/c1-36-19-13-11-14-20-37(2)49(67-8)33-45-26-24-42(7)58(66,72-45)55(63)56(64)59-28-18-17-23-46(59)57(65)71-50(34-47(60)38(3)30-41(6)53(62)54(69-10)52(61)40(5)29-36)39(4)31-44-25-27-48(51(32-44)68-9)70-35-43-21-15-12-16-22-43/h11-16,19-22,30,36,38-40,42,44-46,48-51,53-54,62,66H,17-18,23-29,31-35H2,1-10H3/b14-11+,19-13+,37-20+,41-30+/t36-,38-,39-,40-,42-,44-,45+,46+,48-,49+,50+,51-,53-,54+,58-/m1/s1. The molecular formula is C58H85NO13. The summed E-state index contributed by atoms with van der Waals surface area (Å²) in [6.07, 6.45) is 12.4. The molecule has 1 aromatic rings. The maximum Gasteiger partial charge on any atom is 0.329 e. The zero-order chi connectivity index (χ0) is 52.7. The first-order valence-corrected chi connectivity index (χ1v) is 26.5. The topological polar surface area (TPSA) is 184 Å². The molecule has 3 fully saturated rings. The summed E-state index contributed by atoms with van der Waals surface area (Å²) in [5, 5.41) is 23.6. The van der Waals surface area contributed by atoms with Crippen LogP contribution in [0.2, 0.25) is 0 Å². The molecule has 1 aliphatic carbocycles. The third kappa shape index (κ3) is 15.7. The Bertz CT molecular complexity index is 2080. The molecule has 3 aliphatic heterocycles. The first-order valence-electron chi connectivity index (χ1n) is 26.5. The Hall–Kier alpha value is -4.15. The van der Waals surface area contributed by atoms with E-state index in [9.17, 15) is 34.2 Å². The van der Waals surface area contributed by atoms with Gasteiger partial charge in [0, 0.05) is 58.5 Å². The van der Waals surface area contributed by atoms with Crippen molar-refractivity contribution < 1.29 is 62.6 Å². The molecule has 5 rings (SSSR count). The van der Waals surface area contributed by atoms with Crippen LogP contribution >= 0.6 is 0 Å². The fraction of sp³-hybridized carbons (Fsp3) is 0.672. The van der Waals surface area contributed by atoms with E-state index in [0.29, 0.717) is 63.5 Å². The summed E-state index contributed by atoms with van der Waals surface area (Å²) < 4.78 is 36.3. The number of benzene rings is 1. The molecule has 1 saturated carbocycles. The molecule has 0 aromatic heterocycles. The lowest BCUT2D eigenvalue weighted by molar-refractivity contribution is -0.265. The van der Waals surface area contributed by atoms with Crippen LogP contribution in [0.25, 0.3) is 0 Å². The van der Waals surface area contributed by atoms with Crippen LogP contribution in [0, 0.1) is 35.5 Å². The average molecular weight is 1000 g/mol. The van der Waals surface area contributed by atoms with Crippen LogP contribution in [-0.4, -0.2) is 127 Å². The van der Waals surface area contributed by atoms with E-state index < -0.39 is 77.8 Å². The van der Waals surface area contributed by atoms with Gasteiger partial charge in [0.2, 0.25) is 5.79 Å². The van der Waals surface area contributed by atoms with Crippen LogP contribution in [0.3, 0.4) is 0 Å². The van der Waals surface area contributed by atoms with Gasteiger partial charge in [-0.3, -0.25) is 19.2 Å². The minimum Gasteiger partial charge on any atom is -0.460 e. The third-order valence-corrected chi connectivity index (χ3v) is 15.8. The number of Topliss-reactive ketones (excluding diaryl/α,β-unsaturated/α-hetero) is 3. The molecule has 4 aliphatic rings. The number of hydrogen-bond acceptors (Lipinski definition) is 13. The minimum atomic E-state index is -2.43. The predicted octanol–water partition coefficient (Wildman–Crippen LogP) is 8.41. The Balaban J connectivity index is 1.44. The summed E-state index contributed by atoms with van der Waals surface area (Å²) in [6.45, 7) is 13.3. The number of allylic oxidation sites excluding steroid dienone is 6. The van der Waals surface area contributed by atoms with Crippen LogP contribution in [0.4, 0.5) is 0 Å². The van der Waals surface area contributed by atoms with Gasteiger partial charge in [-0.2, -0.15) is 0 Å². The van der Waals surface area contributed by atoms with Crippen LogP contribution in [0.15, 0.2) is 77.9 Å². The molecule has 1 aromatic carbocycles. The van der Waals surface area contributed by atoms with Gasteiger partial charge in [0.15, 0.2) is 5.78 Å². The zero-order valence-corrected chi connectivity index (χ0v) is 44.7. The highest BCUT2D eigenvalue weighted by molar-refractivity contribution is 6.39. The molecule has 400 valence electrons.